The normalized spacial score (nSPS) is 29.8. The Balaban J connectivity index is 1.91. The Morgan fingerprint density at radius 1 is 1.20 bits per heavy atom. The molecule has 0 aromatic heterocycles. The SMILES string of the molecule is CCC1(C)CCC(CC)(COCc2ccccc2Cl)O1. The van der Waals surface area contributed by atoms with Crippen molar-refractivity contribution in [2.75, 3.05) is 6.61 Å². The molecule has 0 radical (unpaired) electrons. The Kier molecular flexibility index (Phi) is 5.11. The highest BCUT2D eigenvalue weighted by Crippen LogP contribution is 2.41. The van der Waals surface area contributed by atoms with E-state index >= 15 is 0 Å². The van der Waals surface area contributed by atoms with Crippen LogP contribution >= 0.6 is 11.6 Å². The van der Waals surface area contributed by atoms with Crippen LogP contribution in [0.2, 0.25) is 5.02 Å². The van der Waals surface area contributed by atoms with Crippen LogP contribution in [0, 0.1) is 0 Å². The summed E-state index contributed by atoms with van der Waals surface area (Å²) in [7, 11) is 0. The molecule has 0 aliphatic carbocycles. The fourth-order valence-electron chi connectivity index (χ4n) is 2.78. The Bertz CT molecular complexity index is 448. The van der Waals surface area contributed by atoms with Crippen LogP contribution in [0.25, 0.3) is 0 Å². The molecule has 2 nitrogen and oxygen atoms in total. The van der Waals surface area contributed by atoms with E-state index in [0.29, 0.717) is 13.2 Å². The standard InChI is InChI=1S/C17H25ClO2/c1-4-16(3)10-11-17(5-2,20-16)13-19-12-14-8-6-7-9-15(14)18/h6-9H,4-5,10-13H2,1-3H3. The molecule has 0 N–H and O–H groups in total. The molecule has 0 spiro atoms. The van der Waals surface area contributed by atoms with Crippen molar-refractivity contribution in [1.29, 1.82) is 0 Å². The second kappa shape index (κ2) is 6.46. The minimum absolute atomic E-state index is 0.0176. The van der Waals surface area contributed by atoms with Crippen molar-refractivity contribution >= 4 is 11.6 Å². The van der Waals surface area contributed by atoms with Gasteiger partial charge in [0, 0.05) is 5.02 Å². The molecule has 0 saturated carbocycles. The molecule has 1 aromatic rings. The zero-order chi connectivity index (χ0) is 14.6. The topological polar surface area (TPSA) is 18.5 Å². The van der Waals surface area contributed by atoms with Crippen LogP contribution in [0.1, 0.15) is 52.0 Å². The molecule has 1 aliphatic heterocycles. The lowest BCUT2D eigenvalue weighted by Gasteiger charge is -2.32. The maximum atomic E-state index is 6.35. The summed E-state index contributed by atoms with van der Waals surface area (Å²) in [5.41, 5.74) is 0.937. The van der Waals surface area contributed by atoms with Crippen LogP contribution in [0.3, 0.4) is 0 Å². The van der Waals surface area contributed by atoms with Gasteiger partial charge in [-0.05, 0) is 44.2 Å². The molecule has 1 fully saturated rings. The van der Waals surface area contributed by atoms with Gasteiger partial charge in [0.2, 0.25) is 0 Å². The lowest BCUT2D eigenvalue weighted by molar-refractivity contribution is -0.134. The predicted octanol–water partition coefficient (Wildman–Crippen LogP) is 4.98. The average Bonchev–Trinajstić information content (AvgIpc) is 2.80. The molecular weight excluding hydrogens is 272 g/mol. The first kappa shape index (κ1) is 15.8. The van der Waals surface area contributed by atoms with Gasteiger partial charge in [0.05, 0.1) is 24.4 Å². The molecule has 112 valence electrons. The van der Waals surface area contributed by atoms with E-state index in [1.54, 1.807) is 0 Å². The summed E-state index contributed by atoms with van der Waals surface area (Å²) >= 11 is 6.14. The molecule has 1 aromatic carbocycles. The molecule has 0 bridgehead atoms. The van der Waals surface area contributed by atoms with Crippen molar-refractivity contribution in [3.8, 4) is 0 Å². The predicted molar refractivity (Wildman–Crippen MR) is 83.1 cm³/mol. The van der Waals surface area contributed by atoms with E-state index in [9.17, 15) is 0 Å². The van der Waals surface area contributed by atoms with Crippen LogP contribution in [0.4, 0.5) is 0 Å². The molecular formula is C17H25ClO2. The molecule has 2 atom stereocenters. The molecule has 0 amide bonds. The minimum Gasteiger partial charge on any atom is -0.374 e. The Labute approximate surface area is 127 Å². The fraction of sp³-hybridized carbons (Fsp3) is 0.647. The van der Waals surface area contributed by atoms with Gasteiger partial charge in [-0.1, -0.05) is 43.6 Å². The molecule has 20 heavy (non-hydrogen) atoms. The largest absolute Gasteiger partial charge is 0.374 e. The van der Waals surface area contributed by atoms with Crippen molar-refractivity contribution in [2.24, 2.45) is 0 Å². The summed E-state index contributed by atoms with van der Waals surface area (Å²) in [4.78, 5) is 0. The van der Waals surface area contributed by atoms with E-state index in [4.69, 9.17) is 21.1 Å². The molecule has 1 saturated heterocycles. The highest BCUT2D eigenvalue weighted by Gasteiger charge is 2.44. The fourth-order valence-corrected chi connectivity index (χ4v) is 2.97. The average molecular weight is 297 g/mol. The van der Waals surface area contributed by atoms with Gasteiger partial charge in [0.15, 0.2) is 0 Å². The summed E-state index contributed by atoms with van der Waals surface area (Å²) in [6.45, 7) is 7.77. The third-order valence-corrected chi connectivity index (χ3v) is 4.91. The van der Waals surface area contributed by atoms with Crippen LogP contribution in [0.5, 0.6) is 0 Å². The van der Waals surface area contributed by atoms with Crippen molar-refractivity contribution in [1.82, 2.24) is 0 Å². The lowest BCUT2D eigenvalue weighted by Crippen LogP contribution is -2.37. The van der Waals surface area contributed by atoms with Crippen LogP contribution in [-0.4, -0.2) is 17.8 Å². The zero-order valence-corrected chi connectivity index (χ0v) is 13.5. The van der Waals surface area contributed by atoms with Gasteiger partial charge in [0.1, 0.15) is 0 Å². The Hall–Kier alpha value is -0.570. The first-order valence-corrected chi connectivity index (χ1v) is 7.92. The third-order valence-electron chi connectivity index (χ3n) is 4.55. The van der Waals surface area contributed by atoms with Gasteiger partial charge in [-0.25, -0.2) is 0 Å². The summed E-state index contributed by atoms with van der Waals surface area (Å²) in [6.07, 6.45) is 4.24. The van der Waals surface area contributed by atoms with Gasteiger partial charge in [-0.15, -0.1) is 0 Å². The number of hydrogen-bond donors (Lipinski definition) is 0. The van der Waals surface area contributed by atoms with E-state index in [1.807, 2.05) is 24.3 Å². The zero-order valence-electron chi connectivity index (χ0n) is 12.7. The van der Waals surface area contributed by atoms with E-state index in [0.717, 1.165) is 36.3 Å². The number of benzene rings is 1. The Morgan fingerprint density at radius 2 is 1.95 bits per heavy atom. The monoisotopic (exact) mass is 296 g/mol. The second-order valence-corrected chi connectivity index (χ2v) is 6.43. The molecule has 3 heteroatoms. The number of rotatable bonds is 6. The van der Waals surface area contributed by atoms with Gasteiger partial charge in [-0.2, -0.15) is 0 Å². The summed E-state index contributed by atoms with van der Waals surface area (Å²) in [5, 5.41) is 0.767. The van der Waals surface area contributed by atoms with E-state index < -0.39 is 0 Å². The van der Waals surface area contributed by atoms with Gasteiger partial charge < -0.3 is 9.47 Å². The second-order valence-electron chi connectivity index (χ2n) is 6.03. The van der Waals surface area contributed by atoms with E-state index in [1.165, 1.54) is 0 Å². The Morgan fingerprint density at radius 3 is 2.55 bits per heavy atom. The molecule has 2 rings (SSSR count). The van der Waals surface area contributed by atoms with Gasteiger partial charge in [0.25, 0.3) is 0 Å². The maximum Gasteiger partial charge on any atom is 0.0920 e. The first-order valence-electron chi connectivity index (χ1n) is 7.54. The quantitative estimate of drug-likeness (QED) is 0.736. The van der Waals surface area contributed by atoms with Crippen LogP contribution in [-0.2, 0) is 16.1 Å². The molecule has 1 heterocycles. The summed E-state index contributed by atoms with van der Waals surface area (Å²) < 4.78 is 12.3. The van der Waals surface area contributed by atoms with Gasteiger partial charge >= 0.3 is 0 Å². The van der Waals surface area contributed by atoms with Crippen molar-refractivity contribution in [3.63, 3.8) is 0 Å². The third kappa shape index (κ3) is 3.55. The smallest absolute Gasteiger partial charge is 0.0920 e. The number of halogens is 1. The molecule has 2 unspecified atom stereocenters. The maximum absolute atomic E-state index is 6.35. The highest BCUT2D eigenvalue weighted by molar-refractivity contribution is 6.31. The highest BCUT2D eigenvalue weighted by atomic mass is 35.5. The van der Waals surface area contributed by atoms with Crippen molar-refractivity contribution in [2.45, 2.75) is 64.3 Å². The first-order chi connectivity index (χ1) is 9.52. The summed E-state index contributed by atoms with van der Waals surface area (Å²) in [5.74, 6) is 0. The van der Waals surface area contributed by atoms with E-state index in [2.05, 4.69) is 20.8 Å². The van der Waals surface area contributed by atoms with Crippen molar-refractivity contribution < 1.29 is 9.47 Å². The van der Waals surface area contributed by atoms with E-state index in [-0.39, 0.29) is 11.2 Å². The summed E-state index contributed by atoms with van der Waals surface area (Å²) in [6, 6.07) is 7.83. The van der Waals surface area contributed by atoms with Crippen LogP contribution < -0.4 is 0 Å². The number of ether oxygens (including phenoxy) is 2. The lowest BCUT2D eigenvalue weighted by atomic mass is 9.94. The van der Waals surface area contributed by atoms with Crippen LogP contribution in [0.15, 0.2) is 24.3 Å². The minimum atomic E-state index is -0.119. The number of hydrogen-bond acceptors (Lipinski definition) is 2. The van der Waals surface area contributed by atoms with Gasteiger partial charge in [-0.3, -0.25) is 0 Å². The van der Waals surface area contributed by atoms with Crippen molar-refractivity contribution in [3.05, 3.63) is 34.9 Å². The molecule has 1 aliphatic rings.